The summed E-state index contributed by atoms with van der Waals surface area (Å²) in [6, 6.07) is 8.07. The van der Waals surface area contributed by atoms with E-state index in [0.717, 1.165) is 19.3 Å². The van der Waals surface area contributed by atoms with Crippen LogP contribution in [0, 0.1) is 0 Å². The van der Waals surface area contributed by atoms with Crippen LogP contribution in [0.2, 0.25) is 0 Å². The Kier molecular flexibility index (Phi) is 7.75. The summed E-state index contributed by atoms with van der Waals surface area (Å²) in [5.74, 6) is -3.36. The summed E-state index contributed by atoms with van der Waals surface area (Å²) in [5, 5.41) is 2.73. The number of amides is 1. The molecular weight excluding hydrogens is 480 g/mol. The first-order valence-corrected chi connectivity index (χ1v) is 11.9. The highest BCUT2D eigenvalue weighted by Gasteiger charge is 2.38. The molecule has 1 amide bonds. The van der Waals surface area contributed by atoms with Crippen LogP contribution in [0.25, 0.3) is 0 Å². The smallest absolute Gasteiger partial charge is 0.387 e. The van der Waals surface area contributed by atoms with Crippen LogP contribution in [-0.2, 0) is 17.3 Å². The van der Waals surface area contributed by atoms with Gasteiger partial charge >= 0.3 is 6.61 Å². The molecule has 4 rings (SSSR count). The van der Waals surface area contributed by atoms with Crippen molar-refractivity contribution in [2.75, 3.05) is 20.7 Å². The molecule has 0 unspecified atom stereocenters. The number of carbonyl (C=O) groups is 1. The van der Waals surface area contributed by atoms with Crippen molar-refractivity contribution in [1.29, 1.82) is 0 Å². The third kappa shape index (κ3) is 5.75. The van der Waals surface area contributed by atoms with Crippen LogP contribution in [-0.4, -0.2) is 50.3 Å². The van der Waals surface area contributed by atoms with E-state index in [1.54, 1.807) is 19.1 Å². The molecule has 6 nitrogen and oxygen atoms in total. The monoisotopic (exact) mass is 510 g/mol. The molecule has 1 aliphatic carbocycles. The van der Waals surface area contributed by atoms with E-state index in [2.05, 4.69) is 10.2 Å². The molecule has 196 valence electrons. The lowest BCUT2D eigenvalue weighted by atomic mass is 9.97. The van der Waals surface area contributed by atoms with Crippen LogP contribution >= 0.6 is 0 Å². The van der Waals surface area contributed by atoms with Gasteiger partial charge in [0, 0.05) is 28.8 Å². The summed E-state index contributed by atoms with van der Waals surface area (Å²) in [5.41, 5.74) is 0.562. The Balaban J connectivity index is 1.51. The Morgan fingerprint density at radius 1 is 1.17 bits per heavy atom. The molecule has 2 aliphatic rings. The first-order valence-electron chi connectivity index (χ1n) is 11.9. The SMILES string of the molecule is C[C@H](NC(=O)c1ccc2c(c1)COCC2(F)F)c1ccc(O[C@H]2CCC[C@@H]2N(C)C)cc1OC(F)F. The topological polar surface area (TPSA) is 60.0 Å². The summed E-state index contributed by atoms with van der Waals surface area (Å²) in [7, 11) is 3.96. The Morgan fingerprint density at radius 3 is 2.67 bits per heavy atom. The second kappa shape index (κ2) is 10.6. The lowest BCUT2D eigenvalue weighted by Gasteiger charge is -2.27. The largest absolute Gasteiger partial charge is 0.489 e. The third-order valence-electron chi connectivity index (χ3n) is 6.69. The summed E-state index contributed by atoms with van der Waals surface area (Å²) in [4.78, 5) is 14.9. The highest BCUT2D eigenvalue weighted by Crippen LogP contribution is 2.36. The van der Waals surface area contributed by atoms with Gasteiger partial charge in [-0.2, -0.15) is 17.6 Å². The van der Waals surface area contributed by atoms with Crippen molar-refractivity contribution >= 4 is 5.91 Å². The summed E-state index contributed by atoms with van der Waals surface area (Å²) < 4.78 is 70.2. The molecule has 1 saturated carbocycles. The number of likely N-dealkylation sites (N-methyl/N-ethyl adjacent to an activating group) is 1. The van der Waals surface area contributed by atoms with Crippen molar-refractivity contribution in [3.8, 4) is 11.5 Å². The molecule has 1 fully saturated rings. The van der Waals surface area contributed by atoms with Crippen molar-refractivity contribution < 1.29 is 36.6 Å². The number of hydrogen-bond acceptors (Lipinski definition) is 5. The molecule has 1 heterocycles. The first kappa shape index (κ1) is 26.2. The molecule has 0 saturated heterocycles. The number of hydrogen-bond donors (Lipinski definition) is 1. The summed E-state index contributed by atoms with van der Waals surface area (Å²) in [6.07, 6.45) is 2.80. The first-order chi connectivity index (χ1) is 17.0. The molecule has 0 spiro atoms. The fourth-order valence-corrected chi connectivity index (χ4v) is 4.89. The number of ether oxygens (including phenoxy) is 3. The average Bonchev–Trinajstić information content (AvgIpc) is 3.26. The van der Waals surface area contributed by atoms with Crippen molar-refractivity contribution in [3.05, 3.63) is 58.7 Å². The highest BCUT2D eigenvalue weighted by atomic mass is 19.3. The normalized spacial score (nSPS) is 21.8. The highest BCUT2D eigenvalue weighted by molar-refractivity contribution is 5.94. The number of rotatable bonds is 8. The van der Waals surface area contributed by atoms with E-state index in [1.165, 1.54) is 24.3 Å². The van der Waals surface area contributed by atoms with E-state index in [9.17, 15) is 22.4 Å². The minimum atomic E-state index is -3.12. The second-order valence-electron chi connectivity index (χ2n) is 9.46. The van der Waals surface area contributed by atoms with Crippen LogP contribution in [0.3, 0.4) is 0 Å². The predicted octanol–water partition coefficient (Wildman–Crippen LogP) is 5.26. The maximum Gasteiger partial charge on any atom is 0.387 e. The fourth-order valence-electron chi connectivity index (χ4n) is 4.89. The molecule has 0 bridgehead atoms. The lowest BCUT2D eigenvalue weighted by molar-refractivity contribution is -0.103. The van der Waals surface area contributed by atoms with Crippen molar-refractivity contribution in [2.45, 2.75) is 63.5 Å². The standard InChI is InChI=1S/C26H30F4N2O4/c1-15(31-24(33)16-7-10-20-17(11-16)13-34-14-26(20,29)30)19-9-8-18(12-23(19)36-25(27)28)35-22-6-4-5-21(22)32(2)3/h7-12,15,21-22,25H,4-6,13-14H2,1-3H3,(H,31,33)/t15-,21-,22-/m0/s1. The number of fused-ring (bicyclic) bond motifs is 1. The molecule has 1 aliphatic heterocycles. The zero-order valence-corrected chi connectivity index (χ0v) is 20.4. The summed E-state index contributed by atoms with van der Waals surface area (Å²) >= 11 is 0. The molecule has 36 heavy (non-hydrogen) atoms. The minimum absolute atomic E-state index is 0.0227. The number of nitrogens with zero attached hydrogens (tertiary/aromatic N) is 1. The van der Waals surface area contributed by atoms with Gasteiger partial charge in [0.15, 0.2) is 0 Å². The van der Waals surface area contributed by atoms with Gasteiger partial charge in [0.1, 0.15) is 24.2 Å². The minimum Gasteiger partial charge on any atom is -0.489 e. The maximum atomic E-state index is 14.0. The van der Waals surface area contributed by atoms with E-state index >= 15 is 0 Å². The Morgan fingerprint density at radius 2 is 1.94 bits per heavy atom. The molecular formula is C26H30F4N2O4. The molecule has 3 atom stereocenters. The van der Waals surface area contributed by atoms with Crippen molar-refractivity contribution in [2.24, 2.45) is 0 Å². The van der Waals surface area contributed by atoms with Gasteiger partial charge in [-0.05, 0) is 70.1 Å². The van der Waals surface area contributed by atoms with Gasteiger partial charge < -0.3 is 24.4 Å². The van der Waals surface area contributed by atoms with E-state index in [-0.39, 0.29) is 41.2 Å². The molecule has 2 aromatic carbocycles. The van der Waals surface area contributed by atoms with Crippen LogP contribution in [0.4, 0.5) is 17.6 Å². The molecule has 1 N–H and O–H groups in total. The molecule has 0 radical (unpaired) electrons. The van der Waals surface area contributed by atoms with Gasteiger partial charge in [0.25, 0.3) is 11.8 Å². The van der Waals surface area contributed by atoms with E-state index < -0.39 is 31.1 Å². The quantitative estimate of drug-likeness (QED) is 0.491. The molecule has 2 aromatic rings. The number of nitrogens with one attached hydrogen (secondary N) is 1. The van der Waals surface area contributed by atoms with Gasteiger partial charge in [-0.15, -0.1) is 0 Å². The summed E-state index contributed by atoms with van der Waals surface area (Å²) in [6.45, 7) is -2.16. The zero-order chi connectivity index (χ0) is 26.0. The van der Waals surface area contributed by atoms with Gasteiger partial charge in [-0.25, -0.2) is 0 Å². The third-order valence-corrected chi connectivity index (χ3v) is 6.69. The average molecular weight is 511 g/mol. The Hall–Kier alpha value is -2.85. The predicted molar refractivity (Wildman–Crippen MR) is 125 cm³/mol. The van der Waals surface area contributed by atoms with E-state index in [4.69, 9.17) is 14.2 Å². The Labute approximate surface area is 207 Å². The van der Waals surface area contributed by atoms with Crippen molar-refractivity contribution in [3.63, 3.8) is 0 Å². The number of alkyl halides is 4. The van der Waals surface area contributed by atoms with Crippen LogP contribution in [0.1, 0.15) is 59.3 Å². The molecule has 0 aromatic heterocycles. The van der Waals surface area contributed by atoms with Gasteiger partial charge in [0.05, 0.1) is 12.6 Å². The maximum absolute atomic E-state index is 14.0. The van der Waals surface area contributed by atoms with Gasteiger partial charge in [0.2, 0.25) is 0 Å². The van der Waals surface area contributed by atoms with Gasteiger partial charge in [-0.3, -0.25) is 4.79 Å². The second-order valence-corrected chi connectivity index (χ2v) is 9.46. The van der Waals surface area contributed by atoms with Gasteiger partial charge in [-0.1, -0.05) is 6.07 Å². The van der Waals surface area contributed by atoms with Crippen molar-refractivity contribution in [1.82, 2.24) is 10.2 Å². The van der Waals surface area contributed by atoms with Crippen LogP contribution in [0.5, 0.6) is 11.5 Å². The lowest BCUT2D eigenvalue weighted by Crippen LogP contribution is -2.38. The zero-order valence-electron chi connectivity index (χ0n) is 20.4. The van der Waals surface area contributed by atoms with E-state index in [1.807, 2.05) is 14.1 Å². The van der Waals surface area contributed by atoms with E-state index in [0.29, 0.717) is 11.3 Å². The van der Waals surface area contributed by atoms with Crippen LogP contribution in [0.15, 0.2) is 36.4 Å². The number of carbonyl (C=O) groups excluding carboxylic acids is 1. The number of benzene rings is 2. The fraction of sp³-hybridized carbons (Fsp3) is 0.500. The Bertz CT molecular complexity index is 1100. The molecule has 10 heteroatoms. The number of halogens is 4. The van der Waals surface area contributed by atoms with Crippen LogP contribution < -0.4 is 14.8 Å².